The molecule has 0 unspecified atom stereocenters. The molecule has 2 aromatic rings. The molecular weight excluding hydrogens is 166 g/mol. The predicted molar refractivity (Wildman–Crippen MR) is 55.0 cm³/mol. The molecule has 1 heterocycles. The lowest BCUT2D eigenvalue weighted by Gasteiger charge is -1.88. The average Bonchev–Trinajstić information content (AvgIpc) is 2.48. The van der Waals surface area contributed by atoms with E-state index in [1.54, 1.807) is 6.07 Å². The second kappa shape index (κ2) is 3.94. The van der Waals surface area contributed by atoms with E-state index in [1.807, 2.05) is 32.9 Å². The number of aryl methyl sites for hydroxylation is 1. The fraction of sp³-hybridized carbons (Fsp3) is 0.300. The zero-order valence-corrected chi connectivity index (χ0v) is 8.05. The Morgan fingerprint density at radius 2 is 2.08 bits per heavy atom. The minimum absolute atomic E-state index is 0. The van der Waals surface area contributed by atoms with Crippen molar-refractivity contribution in [2.45, 2.75) is 20.8 Å². The van der Waals surface area contributed by atoms with E-state index in [0.717, 1.165) is 11.1 Å². The number of hydrogen-bond donors (Lipinski definition) is 1. The quantitative estimate of drug-likeness (QED) is 0.679. The van der Waals surface area contributed by atoms with Gasteiger partial charge in [-0.2, -0.15) is 0 Å². The molecule has 3 nitrogen and oxygen atoms in total. The van der Waals surface area contributed by atoms with Crippen molar-refractivity contribution in [3.8, 4) is 0 Å². The first-order chi connectivity index (χ1) is 6.25. The fourth-order valence-corrected chi connectivity index (χ4v) is 1.07. The van der Waals surface area contributed by atoms with Crippen molar-refractivity contribution >= 4 is 11.1 Å². The molecule has 0 bridgehead atoms. The Kier molecular flexibility index (Phi) is 2.90. The van der Waals surface area contributed by atoms with E-state index in [1.165, 1.54) is 0 Å². The van der Waals surface area contributed by atoms with Gasteiger partial charge in [-0.15, -0.1) is 0 Å². The Morgan fingerprint density at radius 1 is 1.38 bits per heavy atom. The van der Waals surface area contributed by atoms with Crippen LogP contribution in [0.1, 0.15) is 20.8 Å². The number of aromatic nitrogens is 1. The van der Waals surface area contributed by atoms with E-state index in [-0.39, 0.29) is 1.43 Å². The average molecular weight is 181 g/mol. The van der Waals surface area contributed by atoms with Gasteiger partial charge in [-0.1, -0.05) is 19.9 Å². The van der Waals surface area contributed by atoms with Gasteiger partial charge in [0.15, 0.2) is 5.58 Å². The maximum absolute atomic E-state index is 10.7. The summed E-state index contributed by atoms with van der Waals surface area (Å²) in [6.07, 6.45) is 0. The number of aromatic amines is 1. The highest BCUT2D eigenvalue weighted by atomic mass is 16.4. The molecule has 1 N–H and O–H groups in total. The van der Waals surface area contributed by atoms with Crippen LogP contribution in [-0.4, -0.2) is 4.98 Å². The minimum Gasteiger partial charge on any atom is -0.408 e. The van der Waals surface area contributed by atoms with Crippen LogP contribution in [0, 0.1) is 6.92 Å². The Labute approximate surface area is 77.9 Å². The lowest BCUT2D eigenvalue weighted by molar-refractivity contribution is 0.555. The maximum Gasteiger partial charge on any atom is 0.417 e. The van der Waals surface area contributed by atoms with Crippen molar-refractivity contribution in [3.05, 3.63) is 34.3 Å². The molecule has 0 atom stereocenters. The molecule has 0 saturated heterocycles. The smallest absolute Gasteiger partial charge is 0.408 e. The third-order valence-electron chi connectivity index (χ3n) is 1.57. The minimum atomic E-state index is -0.398. The highest BCUT2D eigenvalue weighted by Gasteiger charge is 1.98. The van der Waals surface area contributed by atoms with Gasteiger partial charge in [-0.3, -0.25) is 4.98 Å². The second-order valence-corrected chi connectivity index (χ2v) is 2.51. The molecule has 0 fully saturated rings. The van der Waals surface area contributed by atoms with E-state index in [9.17, 15) is 4.79 Å². The molecule has 72 valence electrons. The first-order valence-corrected chi connectivity index (χ1v) is 4.35. The summed E-state index contributed by atoms with van der Waals surface area (Å²) >= 11 is 0. The van der Waals surface area contributed by atoms with Gasteiger partial charge < -0.3 is 4.42 Å². The summed E-state index contributed by atoms with van der Waals surface area (Å²) in [4.78, 5) is 13.3. The van der Waals surface area contributed by atoms with Crippen LogP contribution >= 0.6 is 0 Å². The third kappa shape index (κ3) is 1.99. The Bertz CT molecular complexity index is 445. The largest absolute Gasteiger partial charge is 0.417 e. The van der Waals surface area contributed by atoms with Crippen LogP contribution < -0.4 is 5.76 Å². The second-order valence-electron chi connectivity index (χ2n) is 2.51. The van der Waals surface area contributed by atoms with Crippen molar-refractivity contribution in [1.82, 2.24) is 4.98 Å². The van der Waals surface area contributed by atoms with Crippen LogP contribution in [-0.2, 0) is 0 Å². The van der Waals surface area contributed by atoms with Crippen molar-refractivity contribution < 1.29 is 5.84 Å². The van der Waals surface area contributed by atoms with Gasteiger partial charge in [0.2, 0.25) is 0 Å². The summed E-state index contributed by atoms with van der Waals surface area (Å²) in [5, 5.41) is 0. The molecule has 3 heteroatoms. The number of nitrogens with one attached hydrogen (secondary N) is 1. The van der Waals surface area contributed by atoms with Gasteiger partial charge in [0.05, 0.1) is 5.52 Å². The van der Waals surface area contributed by atoms with Crippen LogP contribution in [0.25, 0.3) is 11.1 Å². The van der Waals surface area contributed by atoms with Gasteiger partial charge in [0.1, 0.15) is 0 Å². The number of fused-ring (bicyclic) bond motifs is 1. The highest BCUT2D eigenvalue weighted by Crippen LogP contribution is 2.10. The Hall–Kier alpha value is -1.51. The highest BCUT2D eigenvalue weighted by molar-refractivity contribution is 5.72. The number of benzene rings is 1. The first kappa shape index (κ1) is 9.58. The molecule has 0 aliphatic heterocycles. The number of hydrogen-bond acceptors (Lipinski definition) is 2. The van der Waals surface area contributed by atoms with Crippen molar-refractivity contribution in [3.63, 3.8) is 0 Å². The van der Waals surface area contributed by atoms with E-state index < -0.39 is 5.76 Å². The SMILES string of the molecule is CC.Cc1ccc2oc(=O)[nH]c2c1.[HH]. The van der Waals surface area contributed by atoms with Gasteiger partial charge in [-0.05, 0) is 24.6 Å². The number of rotatable bonds is 0. The zero-order chi connectivity index (χ0) is 9.84. The van der Waals surface area contributed by atoms with E-state index in [4.69, 9.17) is 4.42 Å². The molecule has 0 saturated carbocycles. The molecule has 0 radical (unpaired) electrons. The van der Waals surface area contributed by atoms with Gasteiger partial charge in [0.25, 0.3) is 0 Å². The van der Waals surface area contributed by atoms with Crippen LogP contribution in [0.4, 0.5) is 0 Å². The molecule has 0 spiro atoms. The summed E-state index contributed by atoms with van der Waals surface area (Å²) in [6.45, 7) is 5.96. The lowest BCUT2D eigenvalue weighted by atomic mass is 10.2. The van der Waals surface area contributed by atoms with Crippen LogP contribution in [0.15, 0.2) is 27.4 Å². The lowest BCUT2D eigenvalue weighted by Crippen LogP contribution is -1.92. The molecule has 0 aliphatic carbocycles. The third-order valence-corrected chi connectivity index (χ3v) is 1.57. The van der Waals surface area contributed by atoms with Gasteiger partial charge in [0, 0.05) is 1.43 Å². The Morgan fingerprint density at radius 3 is 2.77 bits per heavy atom. The Balaban J connectivity index is 0.000000531. The summed E-state index contributed by atoms with van der Waals surface area (Å²) in [7, 11) is 0. The standard InChI is InChI=1S/C8H7NO2.C2H6.H2/c1-5-2-3-7-6(4-5)9-8(10)11-7;1-2;/h2-4H,1H3,(H,9,10);1-2H3;1H. The molecule has 0 aliphatic rings. The molecule has 1 aromatic carbocycles. The topological polar surface area (TPSA) is 46.0 Å². The predicted octanol–water partition coefficient (Wildman–Crippen LogP) is 2.70. The first-order valence-electron chi connectivity index (χ1n) is 4.35. The number of oxazole rings is 1. The monoisotopic (exact) mass is 181 g/mol. The molecule has 0 amide bonds. The normalized spacial score (nSPS) is 9.46. The fourth-order valence-electron chi connectivity index (χ4n) is 1.07. The van der Waals surface area contributed by atoms with Crippen LogP contribution in [0.5, 0.6) is 0 Å². The van der Waals surface area contributed by atoms with Crippen LogP contribution in [0.2, 0.25) is 0 Å². The van der Waals surface area contributed by atoms with Gasteiger partial charge in [-0.25, -0.2) is 4.79 Å². The molecule has 1 aromatic heterocycles. The van der Waals surface area contributed by atoms with E-state index >= 15 is 0 Å². The molecular formula is C10H15NO2. The summed E-state index contributed by atoms with van der Waals surface area (Å²) in [5.74, 6) is -0.398. The summed E-state index contributed by atoms with van der Waals surface area (Å²) < 4.78 is 4.81. The summed E-state index contributed by atoms with van der Waals surface area (Å²) in [5.41, 5.74) is 2.48. The van der Waals surface area contributed by atoms with E-state index in [0.29, 0.717) is 5.58 Å². The zero-order valence-electron chi connectivity index (χ0n) is 8.05. The maximum atomic E-state index is 10.7. The van der Waals surface area contributed by atoms with Crippen molar-refractivity contribution in [2.75, 3.05) is 0 Å². The molecule has 2 rings (SSSR count). The number of H-pyrrole nitrogens is 1. The van der Waals surface area contributed by atoms with Crippen LogP contribution in [0.3, 0.4) is 0 Å². The van der Waals surface area contributed by atoms with E-state index in [2.05, 4.69) is 4.98 Å². The van der Waals surface area contributed by atoms with Gasteiger partial charge >= 0.3 is 5.76 Å². The molecule has 13 heavy (non-hydrogen) atoms. The summed E-state index contributed by atoms with van der Waals surface area (Å²) in [6, 6.07) is 5.56. The van der Waals surface area contributed by atoms with Crippen molar-refractivity contribution in [2.24, 2.45) is 0 Å². The van der Waals surface area contributed by atoms with Crippen molar-refractivity contribution in [1.29, 1.82) is 0 Å².